The van der Waals surface area contributed by atoms with Crippen LogP contribution in [0.25, 0.3) is 16.6 Å². The zero-order valence-corrected chi connectivity index (χ0v) is 20.7. The van der Waals surface area contributed by atoms with Gasteiger partial charge in [-0.1, -0.05) is 37.3 Å². The van der Waals surface area contributed by atoms with Crippen LogP contribution in [0, 0.1) is 6.92 Å². The molecular weight excluding hydrogens is 438 g/mol. The molecule has 6 nitrogen and oxygen atoms in total. The van der Waals surface area contributed by atoms with E-state index >= 15 is 0 Å². The summed E-state index contributed by atoms with van der Waals surface area (Å²) in [5.41, 5.74) is 2.72. The van der Waals surface area contributed by atoms with Crippen molar-refractivity contribution in [1.82, 2.24) is 14.5 Å². The van der Waals surface area contributed by atoms with Gasteiger partial charge in [0.15, 0.2) is 0 Å². The van der Waals surface area contributed by atoms with Crippen LogP contribution < -0.4 is 10.3 Å². The van der Waals surface area contributed by atoms with Crippen molar-refractivity contribution >= 4 is 16.8 Å². The quantitative estimate of drug-likeness (QED) is 0.332. The molecule has 35 heavy (non-hydrogen) atoms. The predicted molar refractivity (Wildman–Crippen MR) is 139 cm³/mol. The van der Waals surface area contributed by atoms with Gasteiger partial charge in [0.2, 0.25) is 0 Å². The maximum atomic E-state index is 13.8. The van der Waals surface area contributed by atoms with Crippen molar-refractivity contribution in [2.24, 2.45) is 0 Å². The molecular formula is C29H31N3O3. The number of hydrogen-bond donors (Lipinski definition) is 0. The summed E-state index contributed by atoms with van der Waals surface area (Å²) in [6.45, 7) is 8.89. The van der Waals surface area contributed by atoms with E-state index in [9.17, 15) is 9.59 Å². The van der Waals surface area contributed by atoms with Gasteiger partial charge in [-0.25, -0.2) is 4.98 Å². The molecule has 1 atom stereocenters. The SMILES string of the molecule is CCOc1ccc(-n2c(C(CC)N(CC)C(=O)c3ccccc3C)nc3ccccc3c2=O)cc1. The van der Waals surface area contributed by atoms with E-state index in [1.165, 1.54) is 0 Å². The first-order chi connectivity index (χ1) is 17.0. The van der Waals surface area contributed by atoms with E-state index in [2.05, 4.69) is 0 Å². The first-order valence-electron chi connectivity index (χ1n) is 12.1. The third-order valence-electron chi connectivity index (χ3n) is 6.25. The van der Waals surface area contributed by atoms with Crippen LogP contribution in [0.5, 0.6) is 5.75 Å². The minimum Gasteiger partial charge on any atom is -0.494 e. The Balaban J connectivity index is 1.91. The molecule has 4 aromatic rings. The van der Waals surface area contributed by atoms with Crippen molar-refractivity contribution in [2.75, 3.05) is 13.2 Å². The Kier molecular flexibility index (Phi) is 7.30. The van der Waals surface area contributed by atoms with Crippen LogP contribution in [-0.4, -0.2) is 33.5 Å². The van der Waals surface area contributed by atoms with Crippen LogP contribution in [0.4, 0.5) is 0 Å². The molecule has 4 rings (SSSR count). The zero-order valence-electron chi connectivity index (χ0n) is 20.7. The second kappa shape index (κ2) is 10.6. The van der Waals surface area contributed by atoms with Gasteiger partial charge < -0.3 is 9.64 Å². The van der Waals surface area contributed by atoms with Crippen LogP contribution in [0.1, 0.15) is 55.0 Å². The van der Waals surface area contributed by atoms with E-state index in [1.807, 2.05) is 99.3 Å². The molecule has 6 heteroatoms. The molecule has 0 fully saturated rings. The van der Waals surface area contributed by atoms with Gasteiger partial charge in [-0.2, -0.15) is 0 Å². The molecule has 0 N–H and O–H groups in total. The highest BCUT2D eigenvalue weighted by atomic mass is 16.5. The molecule has 0 radical (unpaired) electrons. The highest BCUT2D eigenvalue weighted by molar-refractivity contribution is 5.96. The Morgan fingerprint density at radius 3 is 2.31 bits per heavy atom. The number of carbonyl (C=O) groups excluding carboxylic acids is 1. The van der Waals surface area contributed by atoms with E-state index in [0.29, 0.717) is 47.6 Å². The van der Waals surface area contributed by atoms with Gasteiger partial charge in [-0.15, -0.1) is 0 Å². The summed E-state index contributed by atoms with van der Waals surface area (Å²) < 4.78 is 7.23. The number of aryl methyl sites for hydroxylation is 1. The average Bonchev–Trinajstić information content (AvgIpc) is 2.88. The van der Waals surface area contributed by atoms with Crippen molar-refractivity contribution in [3.8, 4) is 11.4 Å². The third kappa shape index (κ3) is 4.69. The highest BCUT2D eigenvalue weighted by Gasteiger charge is 2.29. The summed E-state index contributed by atoms with van der Waals surface area (Å²) in [6, 6.07) is 21.9. The Morgan fingerprint density at radius 1 is 0.971 bits per heavy atom. The number of rotatable bonds is 8. The molecule has 1 amide bonds. The largest absolute Gasteiger partial charge is 0.494 e. The number of aromatic nitrogens is 2. The van der Waals surface area contributed by atoms with Crippen molar-refractivity contribution in [3.63, 3.8) is 0 Å². The molecule has 0 aliphatic heterocycles. The number of ether oxygens (including phenoxy) is 1. The molecule has 0 aliphatic rings. The molecule has 0 saturated heterocycles. The lowest BCUT2D eigenvalue weighted by Gasteiger charge is -2.32. The van der Waals surface area contributed by atoms with Crippen molar-refractivity contribution in [1.29, 1.82) is 0 Å². The minimum absolute atomic E-state index is 0.0712. The Labute approximate surface area is 205 Å². The summed E-state index contributed by atoms with van der Waals surface area (Å²) in [6.07, 6.45) is 0.604. The number of para-hydroxylation sites is 1. The second-order valence-corrected chi connectivity index (χ2v) is 8.38. The monoisotopic (exact) mass is 469 g/mol. The number of benzene rings is 3. The number of nitrogens with zero attached hydrogens (tertiary/aromatic N) is 3. The number of amides is 1. The zero-order chi connectivity index (χ0) is 24.9. The number of hydrogen-bond acceptors (Lipinski definition) is 4. The smallest absolute Gasteiger partial charge is 0.266 e. The molecule has 0 saturated carbocycles. The third-order valence-corrected chi connectivity index (χ3v) is 6.25. The molecule has 0 bridgehead atoms. The van der Waals surface area contributed by atoms with Crippen LogP contribution >= 0.6 is 0 Å². The van der Waals surface area contributed by atoms with E-state index in [0.717, 1.165) is 11.3 Å². The van der Waals surface area contributed by atoms with Crippen LogP contribution in [0.2, 0.25) is 0 Å². The van der Waals surface area contributed by atoms with Crippen LogP contribution in [0.15, 0.2) is 77.6 Å². The standard InChI is InChI=1S/C29H31N3O3/c1-5-26(31(6-2)28(33)23-13-9-8-12-20(23)4)27-30-25-15-11-10-14-24(25)29(34)32(27)21-16-18-22(19-17-21)35-7-3/h8-19,26H,5-7H2,1-4H3. The lowest BCUT2D eigenvalue weighted by Crippen LogP contribution is -2.38. The van der Waals surface area contributed by atoms with Gasteiger partial charge in [0, 0.05) is 12.1 Å². The van der Waals surface area contributed by atoms with Gasteiger partial charge in [0.25, 0.3) is 11.5 Å². The maximum Gasteiger partial charge on any atom is 0.266 e. The fourth-order valence-corrected chi connectivity index (χ4v) is 4.50. The Bertz CT molecular complexity index is 1390. The summed E-state index contributed by atoms with van der Waals surface area (Å²) in [5.74, 6) is 1.21. The van der Waals surface area contributed by atoms with Crippen molar-refractivity contribution in [2.45, 2.75) is 40.2 Å². The van der Waals surface area contributed by atoms with E-state index in [4.69, 9.17) is 9.72 Å². The van der Waals surface area contributed by atoms with Crippen LogP contribution in [0.3, 0.4) is 0 Å². The van der Waals surface area contributed by atoms with E-state index in [1.54, 1.807) is 10.6 Å². The molecule has 3 aromatic carbocycles. The Morgan fingerprint density at radius 2 is 1.66 bits per heavy atom. The van der Waals surface area contributed by atoms with Crippen molar-refractivity contribution < 1.29 is 9.53 Å². The van der Waals surface area contributed by atoms with Gasteiger partial charge in [-0.05, 0) is 75.2 Å². The Hall–Kier alpha value is -3.93. The maximum absolute atomic E-state index is 13.8. The molecule has 1 unspecified atom stereocenters. The second-order valence-electron chi connectivity index (χ2n) is 8.38. The van der Waals surface area contributed by atoms with Gasteiger partial charge in [0.1, 0.15) is 11.6 Å². The summed E-state index contributed by atoms with van der Waals surface area (Å²) in [5, 5.41) is 0.535. The van der Waals surface area contributed by atoms with E-state index < -0.39 is 6.04 Å². The topological polar surface area (TPSA) is 64.4 Å². The highest BCUT2D eigenvalue weighted by Crippen LogP contribution is 2.28. The van der Waals surface area contributed by atoms with Gasteiger partial charge in [-0.3, -0.25) is 14.2 Å². The predicted octanol–water partition coefficient (Wildman–Crippen LogP) is 5.71. The lowest BCUT2D eigenvalue weighted by molar-refractivity contribution is 0.0671. The summed E-state index contributed by atoms with van der Waals surface area (Å²) in [7, 11) is 0. The molecule has 0 aliphatic carbocycles. The summed E-state index contributed by atoms with van der Waals surface area (Å²) >= 11 is 0. The fourth-order valence-electron chi connectivity index (χ4n) is 4.50. The molecule has 1 heterocycles. The van der Waals surface area contributed by atoms with Crippen molar-refractivity contribution in [3.05, 3.63) is 100 Å². The molecule has 0 spiro atoms. The minimum atomic E-state index is -0.393. The van der Waals surface area contributed by atoms with E-state index in [-0.39, 0.29) is 11.5 Å². The number of fused-ring (bicyclic) bond motifs is 1. The normalized spacial score (nSPS) is 11.9. The van der Waals surface area contributed by atoms with Gasteiger partial charge in [0.05, 0.1) is 29.2 Å². The molecule has 180 valence electrons. The molecule has 1 aromatic heterocycles. The first kappa shape index (κ1) is 24.2. The van der Waals surface area contributed by atoms with Gasteiger partial charge >= 0.3 is 0 Å². The lowest BCUT2D eigenvalue weighted by atomic mass is 10.0. The first-order valence-corrected chi connectivity index (χ1v) is 12.1. The van der Waals surface area contributed by atoms with Crippen LogP contribution in [-0.2, 0) is 0 Å². The fraction of sp³-hybridized carbons (Fsp3) is 0.276. The number of carbonyl (C=O) groups is 1. The average molecular weight is 470 g/mol. The summed E-state index contributed by atoms with van der Waals surface area (Å²) in [4.78, 5) is 34.2.